The van der Waals surface area contributed by atoms with Gasteiger partial charge in [0.25, 0.3) is 5.91 Å². The number of amides is 1. The quantitative estimate of drug-likeness (QED) is 0.806. The van der Waals surface area contributed by atoms with Crippen molar-refractivity contribution < 1.29 is 14.7 Å². The topological polar surface area (TPSA) is 97.1 Å². The molecule has 0 spiro atoms. The van der Waals surface area contributed by atoms with Crippen molar-refractivity contribution in [3.63, 3.8) is 0 Å². The molecule has 7 nitrogen and oxygen atoms in total. The normalized spacial score (nSPS) is 13.7. The van der Waals surface area contributed by atoms with E-state index in [4.69, 9.17) is 5.11 Å². The summed E-state index contributed by atoms with van der Waals surface area (Å²) in [6, 6.07) is 3.93. The van der Waals surface area contributed by atoms with Crippen molar-refractivity contribution in [1.82, 2.24) is 20.3 Å². The van der Waals surface area contributed by atoms with E-state index < -0.39 is 17.4 Å². The fourth-order valence-corrected chi connectivity index (χ4v) is 2.77. The maximum absolute atomic E-state index is 12.3. The van der Waals surface area contributed by atoms with Crippen LogP contribution in [0, 0.1) is 5.92 Å². The zero-order valence-electron chi connectivity index (χ0n) is 13.3. The summed E-state index contributed by atoms with van der Waals surface area (Å²) in [7, 11) is 0. The summed E-state index contributed by atoms with van der Waals surface area (Å²) < 4.78 is 1.59. The highest BCUT2D eigenvalue weighted by atomic mass is 32.1. The fourth-order valence-electron chi connectivity index (χ4n) is 2.07. The average Bonchev–Trinajstić information content (AvgIpc) is 3.09. The zero-order chi connectivity index (χ0) is 17.0. The van der Waals surface area contributed by atoms with E-state index in [0.29, 0.717) is 6.54 Å². The minimum Gasteiger partial charge on any atom is -0.481 e. The first-order chi connectivity index (χ1) is 10.8. The molecule has 1 atom stereocenters. The predicted molar refractivity (Wildman–Crippen MR) is 86.4 cm³/mol. The Morgan fingerprint density at radius 2 is 2.22 bits per heavy atom. The fraction of sp³-hybridized carbons (Fsp3) is 0.467. The molecule has 124 valence electrons. The van der Waals surface area contributed by atoms with Gasteiger partial charge in [0.05, 0.1) is 24.7 Å². The van der Waals surface area contributed by atoms with Gasteiger partial charge in [0, 0.05) is 4.88 Å². The van der Waals surface area contributed by atoms with Crippen molar-refractivity contribution in [1.29, 1.82) is 0 Å². The van der Waals surface area contributed by atoms with E-state index in [9.17, 15) is 9.59 Å². The van der Waals surface area contributed by atoms with Crippen LogP contribution >= 0.6 is 11.3 Å². The number of nitrogens with zero attached hydrogens (tertiary/aromatic N) is 3. The number of carboxylic acid groups (broad SMARTS) is 1. The lowest BCUT2D eigenvalue weighted by atomic mass is 9.85. The Hall–Kier alpha value is -2.22. The molecule has 0 aliphatic carbocycles. The SMILES string of the molecule is CC(C)C(C)(CC(=O)O)NC(=O)c1cn(Cc2cccs2)nn1. The highest BCUT2D eigenvalue weighted by Crippen LogP contribution is 2.21. The molecule has 0 saturated carbocycles. The third-order valence-corrected chi connectivity index (χ3v) is 4.72. The molecular weight excluding hydrogens is 316 g/mol. The molecule has 23 heavy (non-hydrogen) atoms. The summed E-state index contributed by atoms with van der Waals surface area (Å²) in [5.41, 5.74) is -0.667. The Kier molecular flexibility index (Phi) is 5.15. The van der Waals surface area contributed by atoms with Crippen molar-refractivity contribution in [2.24, 2.45) is 5.92 Å². The van der Waals surface area contributed by atoms with Crippen LogP contribution in [0.25, 0.3) is 0 Å². The number of hydrogen-bond donors (Lipinski definition) is 2. The van der Waals surface area contributed by atoms with E-state index in [0.717, 1.165) is 4.88 Å². The van der Waals surface area contributed by atoms with Crippen LogP contribution in [0.4, 0.5) is 0 Å². The van der Waals surface area contributed by atoms with Gasteiger partial charge < -0.3 is 10.4 Å². The van der Waals surface area contributed by atoms with Gasteiger partial charge in [-0.2, -0.15) is 0 Å². The molecule has 0 radical (unpaired) electrons. The standard InChI is InChI=1S/C15H20N4O3S/c1-10(2)15(3,7-13(20)21)16-14(22)12-9-19(18-17-12)8-11-5-4-6-23-11/h4-6,9-10H,7-8H2,1-3H3,(H,16,22)(H,20,21). The molecule has 1 amide bonds. The number of aromatic nitrogens is 3. The summed E-state index contributed by atoms with van der Waals surface area (Å²) in [5.74, 6) is -1.41. The Morgan fingerprint density at radius 3 is 2.78 bits per heavy atom. The number of nitrogens with one attached hydrogen (secondary N) is 1. The number of rotatable bonds is 7. The smallest absolute Gasteiger partial charge is 0.305 e. The molecule has 0 aliphatic rings. The maximum atomic E-state index is 12.3. The highest BCUT2D eigenvalue weighted by molar-refractivity contribution is 7.09. The first-order valence-corrected chi connectivity index (χ1v) is 8.15. The molecule has 2 N–H and O–H groups in total. The number of carbonyl (C=O) groups is 2. The van der Waals surface area contributed by atoms with Gasteiger partial charge in [0.2, 0.25) is 0 Å². The first kappa shape index (κ1) is 17.1. The van der Waals surface area contributed by atoms with Crippen LogP contribution < -0.4 is 5.32 Å². The lowest BCUT2D eigenvalue weighted by Gasteiger charge is -2.33. The van der Waals surface area contributed by atoms with E-state index >= 15 is 0 Å². The van der Waals surface area contributed by atoms with Crippen molar-refractivity contribution >= 4 is 23.2 Å². The van der Waals surface area contributed by atoms with Crippen LogP contribution in [-0.4, -0.2) is 37.5 Å². The molecule has 2 rings (SSSR count). The van der Waals surface area contributed by atoms with Crippen LogP contribution in [-0.2, 0) is 11.3 Å². The zero-order valence-corrected chi connectivity index (χ0v) is 14.1. The summed E-state index contributed by atoms with van der Waals surface area (Å²) in [5, 5.41) is 21.6. The molecule has 0 bridgehead atoms. The van der Waals surface area contributed by atoms with Gasteiger partial charge in [-0.05, 0) is 24.3 Å². The third-order valence-electron chi connectivity index (χ3n) is 3.86. The molecule has 2 aromatic rings. The van der Waals surface area contributed by atoms with Crippen molar-refractivity contribution in [2.45, 2.75) is 39.3 Å². The monoisotopic (exact) mass is 336 g/mol. The van der Waals surface area contributed by atoms with Crippen LogP contribution in [0.5, 0.6) is 0 Å². The average molecular weight is 336 g/mol. The van der Waals surface area contributed by atoms with Crippen LogP contribution in [0.2, 0.25) is 0 Å². The lowest BCUT2D eigenvalue weighted by Crippen LogP contribution is -2.51. The number of aliphatic carboxylic acids is 1. The van der Waals surface area contributed by atoms with E-state index in [1.54, 1.807) is 29.1 Å². The lowest BCUT2D eigenvalue weighted by molar-refractivity contribution is -0.138. The van der Waals surface area contributed by atoms with Crippen LogP contribution in [0.1, 0.15) is 42.6 Å². The molecule has 0 fully saturated rings. The van der Waals surface area contributed by atoms with Gasteiger partial charge in [-0.3, -0.25) is 9.59 Å². The molecule has 2 heterocycles. The Balaban J connectivity index is 2.07. The number of hydrogen-bond acceptors (Lipinski definition) is 5. The van der Waals surface area contributed by atoms with Gasteiger partial charge in [-0.1, -0.05) is 25.1 Å². The molecule has 8 heteroatoms. The van der Waals surface area contributed by atoms with Crippen LogP contribution in [0.15, 0.2) is 23.7 Å². The van der Waals surface area contributed by atoms with Crippen molar-refractivity contribution in [3.05, 3.63) is 34.3 Å². The molecule has 0 aromatic carbocycles. The van der Waals surface area contributed by atoms with Gasteiger partial charge in [-0.25, -0.2) is 4.68 Å². The van der Waals surface area contributed by atoms with Gasteiger partial charge >= 0.3 is 5.97 Å². The second-order valence-electron chi connectivity index (χ2n) is 5.98. The minimum absolute atomic E-state index is 0.0382. The number of carboxylic acids is 1. The third kappa shape index (κ3) is 4.38. The predicted octanol–water partition coefficient (Wildman–Crippen LogP) is 2.01. The summed E-state index contributed by atoms with van der Waals surface area (Å²) in [6.07, 6.45) is 1.41. The highest BCUT2D eigenvalue weighted by Gasteiger charge is 2.33. The maximum Gasteiger partial charge on any atom is 0.305 e. The van der Waals surface area contributed by atoms with Crippen LogP contribution in [0.3, 0.4) is 0 Å². The largest absolute Gasteiger partial charge is 0.481 e. The van der Waals surface area contributed by atoms with Gasteiger partial charge in [0.15, 0.2) is 5.69 Å². The van der Waals surface area contributed by atoms with E-state index in [1.165, 1.54) is 0 Å². The molecule has 2 aromatic heterocycles. The van der Waals surface area contributed by atoms with Gasteiger partial charge in [0.1, 0.15) is 0 Å². The molecule has 1 unspecified atom stereocenters. The van der Waals surface area contributed by atoms with Crippen molar-refractivity contribution in [2.75, 3.05) is 0 Å². The molecule has 0 saturated heterocycles. The van der Waals surface area contributed by atoms with E-state index in [2.05, 4.69) is 15.6 Å². The Bertz CT molecular complexity index is 681. The Morgan fingerprint density at radius 1 is 1.48 bits per heavy atom. The number of carbonyl (C=O) groups excluding carboxylic acids is 1. The van der Waals surface area contributed by atoms with E-state index in [1.807, 2.05) is 31.4 Å². The van der Waals surface area contributed by atoms with Gasteiger partial charge in [-0.15, -0.1) is 16.4 Å². The molecule has 0 aliphatic heterocycles. The second kappa shape index (κ2) is 6.91. The second-order valence-corrected chi connectivity index (χ2v) is 7.01. The van der Waals surface area contributed by atoms with E-state index in [-0.39, 0.29) is 18.0 Å². The summed E-state index contributed by atoms with van der Waals surface area (Å²) in [4.78, 5) is 24.5. The summed E-state index contributed by atoms with van der Waals surface area (Å²) >= 11 is 1.60. The first-order valence-electron chi connectivity index (χ1n) is 7.27. The molecular formula is C15H20N4O3S. The number of thiophene rings is 1. The minimum atomic E-state index is -0.956. The van der Waals surface area contributed by atoms with Crippen molar-refractivity contribution in [3.8, 4) is 0 Å². The summed E-state index contributed by atoms with van der Waals surface area (Å²) in [6.45, 7) is 6.02. The Labute approximate surface area is 138 Å².